The summed E-state index contributed by atoms with van der Waals surface area (Å²) in [5.74, 6) is 0.781. The van der Waals surface area contributed by atoms with E-state index >= 15 is 0 Å². The lowest BCUT2D eigenvalue weighted by atomic mass is 10.1. The molecule has 1 aliphatic heterocycles. The van der Waals surface area contributed by atoms with Gasteiger partial charge in [0.05, 0.1) is 23.1 Å². The zero-order chi connectivity index (χ0) is 25.8. The summed E-state index contributed by atoms with van der Waals surface area (Å²) in [6, 6.07) is 17.7. The Morgan fingerprint density at radius 1 is 1.05 bits per heavy atom. The first-order valence-corrected chi connectivity index (χ1v) is 12.5. The minimum atomic E-state index is -0.396. The molecule has 0 saturated heterocycles. The molecule has 0 bridgehead atoms. The summed E-state index contributed by atoms with van der Waals surface area (Å²) in [4.78, 5) is 27.4. The van der Waals surface area contributed by atoms with Gasteiger partial charge in [0.1, 0.15) is 30.1 Å². The van der Waals surface area contributed by atoms with Crippen molar-refractivity contribution in [2.45, 2.75) is 26.3 Å². The Kier molecular flexibility index (Phi) is 7.44. The SMILES string of the molecule is CCCOC(=O)c1ccc(Oc2coc3c4c(ccc3c2=O)OCN(CCc2ccc(Cl)cc2)C4)cc1. The fraction of sp³-hybridized carbons (Fsp3) is 0.241. The van der Waals surface area contributed by atoms with E-state index < -0.39 is 5.97 Å². The minimum absolute atomic E-state index is 0.0603. The fourth-order valence-corrected chi connectivity index (χ4v) is 4.28. The van der Waals surface area contributed by atoms with Crippen LogP contribution in [0.15, 0.2) is 76.1 Å². The number of benzene rings is 3. The van der Waals surface area contributed by atoms with Gasteiger partial charge in [-0.25, -0.2) is 4.79 Å². The summed E-state index contributed by atoms with van der Waals surface area (Å²) in [5.41, 5.74) is 2.64. The molecule has 37 heavy (non-hydrogen) atoms. The van der Waals surface area contributed by atoms with E-state index in [4.69, 9.17) is 30.2 Å². The molecule has 0 fully saturated rings. The van der Waals surface area contributed by atoms with E-state index in [0.717, 1.165) is 24.9 Å². The minimum Gasteiger partial charge on any atom is -0.478 e. The van der Waals surface area contributed by atoms with Gasteiger partial charge in [0.25, 0.3) is 0 Å². The largest absolute Gasteiger partial charge is 0.478 e. The van der Waals surface area contributed by atoms with E-state index in [1.165, 1.54) is 11.8 Å². The second-order valence-electron chi connectivity index (χ2n) is 8.81. The van der Waals surface area contributed by atoms with Crippen molar-refractivity contribution in [2.75, 3.05) is 19.9 Å². The summed E-state index contributed by atoms with van der Waals surface area (Å²) in [6.07, 6.45) is 2.92. The molecular weight excluding hydrogens is 494 g/mol. The van der Waals surface area contributed by atoms with Crippen molar-refractivity contribution >= 4 is 28.5 Å². The number of rotatable bonds is 8. The Hall–Kier alpha value is -3.81. The Labute approximate surface area is 219 Å². The lowest BCUT2D eigenvalue weighted by Gasteiger charge is -2.29. The highest BCUT2D eigenvalue weighted by Gasteiger charge is 2.23. The van der Waals surface area contributed by atoms with E-state index in [0.29, 0.717) is 52.9 Å². The first-order valence-electron chi connectivity index (χ1n) is 12.1. The maximum absolute atomic E-state index is 13.2. The molecule has 1 aliphatic rings. The Morgan fingerprint density at radius 3 is 2.59 bits per heavy atom. The molecule has 7 nitrogen and oxygen atoms in total. The summed E-state index contributed by atoms with van der Waals surface area (Å²) in [6.45, 7) is 4.13. The van der Waals surface area contributed by atoms with Crippen LogP contribution in [-0.4, -0.2) is 30.8 Å². The van der Waals surface area contributed by atoms with Gasteiger partial charge < -0.3 is 18.6 Å². The monoisotopic (exact) mass is 519 g/mol. The van der Waals surface area contributed by atoms with Crippen LogP contribution in [0.25, 0.3) is 11.0 Å². The first-order chi connectivity index (χ1) is 18.0. The molecule has 0 atom stereocenters. The van der Waals surface area contributed by atoms with Gasteiger partial charge in [-0.15, -0.1) is 0 Å². The van der Waals surface area contributed by atoms with Crippen molar-refractivity contribution in [3.05, 3.63) is 98.9 Å². The predicted octanol–water partition coefficient (Wildman–Crippen LogP) is 6.20. The average Bonchev–Trinajstić information content (AvgIpc) is 2.93. The molecule has 0 amide bonds. The molecule has 0 spiro atoms. The topological polar surface area (TPSA) is 78.2 Å². The number of halogens is 1. The van der Waals surface area contributed by atoms with E-state index in [2.05, 4.69) is 4.90 Å². The van der Waals surface area contributed by atoms with Gasteiger partial charge in [0.15, 0.2) is 0 Å². The second kappa shape index (κ2) is 11.1. The molecule has 8 heteroatoms. The third-order valence-electron chi connectivity index (χ3n) is 6.14. The number of ether oxygens (including phenoxy) is 3. The van der Waals surface area contributed by atoms with Crippen molar-refractivity contribution in [2.24, 2.45) is 0 Å². The van der Waals surface area contributed by atoms with Crippen LogP contribution in [-0.2, 0) is 17.7 Å². The molecule has 5 rings (SSSR count). The summed E-state index contributed by atoms with van der Waals surface area (Å²) < 4.78 is 22.8. The van der Waals surface area contributed by atoms with Crippen LogP contribution in [0.2, 0.25) is 5.02 Å². The molecule has 0 aliphatic carbocycles. The van der Waals surface area contributed by atoms with Crippen LogP contribution < -0.4 is 14.9 Å². The molecule has 4 aromatic rings. The van der Waals surface area contributed by atoms with E-state index in [1.807, 2.05) is 31.2 Å². The average molecular weight is 520 g/mol. The smallest absolute Gasteiger partial charge is 0.338 e. The quantitative estimate of drug-likeness (QED) is 0.256. The number of carbonyl (C=O) groups is 1. The summed E-state index contributed by atoms with van der Waals surface area (Å²) >= 11 is 5.98. The third kappa shape index (κ3) is 5.63. The normalized spacial score (nSPS) is 13.1. The Balaban J connectivity index is 1.31. The first kappa shape index (κ1) is 24.9. The van der Waals surface area contributed by atoms with Gasteiger partial charge in [-0.1, -0.05) is 30.7 Å². The number of esters is 1. The zero-order valence-corrected chi connectivity index (χ0v) is 21.1. The van der Waals surface area contributed by atoms with Crippen LogP contribution >= 0.6 is 11.6 Å². The van der Waals surface area contributed by atoms with E-state index in [1.54, 1.807) is 36.4 Å². The van der Waals surface area contributed by atoms with Crippen molar-refractivity contribution in [1.82, 2.24) is 4.90 Å². The number of fused-ring (bicyclic) bond motifs is 3. The standard InChI is InChI=1S/C29H26ClNO6/c1-2-15-34-29(33)20-5-9-22(10-6-20)37-26-17-35-28-23(27(26)32)11-12-25-24(28)16-31(18-36-25)14-13-19-3-7-21(30)8-4-19/h3-12,17H,2,13-16,18H2,1H3. The number of hydrogen-bond acceptors (Lipinski definition) is 7. The zero-order valence-electron chi connectivity index (χ0n) is 20.4. The number of nitrogens with zero attached hydrogens (tertiary/aromatic N) is 1. The summed E-state index contributed by atoms with van der Waals surface area (Å²) in [5, 5.41) is 1.13. The molecule has 3 aromatic carbocycles. The van der Waals surface area contributed by atoms with E-state index in [9.17, 15) is 9.59 Å². The maximum Gasteiger partial charge on any atom is 0.338 e. The third-order valence-corrected chi connectivity index (χ3v) is 6.39. The molecule has 190 valence electrons. The van der Waals surface area contributed by atoms with Crippen LogP contribution in [0, 0.1) is 0 Å². The lowest BCUT2D eigenvalue weighted by molar-refractivity contribution is 0.0505. The highest BCUT2D eigenvalue weighted by atomic mass is 35.5. The molecular formula is C29H26ClNO6. The second-order valence-corrected chi connectivity index (χ2v) is 9.25. The maximum atomic E-state index is 13.2. The van der Waals surface area contributed by atoms with Gasteiger partial charge in [0, 0.05) is 18.1 Å². The van der Waals surface area contributed by atoms with Crippen molar-refractivity contribution in [3.63, 3.8) is 0 Å². The fourth-order valence-electron chi connectivity index (χ4n) is 4.15. The Bertz CT molecular complexity index is 1460. The van der Waals surface area contributed by atoms with E-state index in [-0.39, 0.29) is 11.2 Å². The number of hydrogen-bond donors (Lipinski definition) is 0. The van der Waals surface area contributed by atoms with Crippen molar-refractivity contribution in [1.29, 1.82) is 0 Å². The van der Waals surface area contributed by atoms with Crippen molar-refractivity contribution < 1.29 is 23.4 Å². The molecule has 0 unspecified atom stereocenters. The molecule has 0 N–H and O–H groups in total. The van der Waals surface area contributed by atoms with Crippen LogP contribution in [0.3, 0.4) is 0 Å². The van der Waals surface area contributed by atoms with Crippen LogP contribution in [0.4, 0.5) is 0 Å². The van der Waals surface area contributed by atoms with Gasteiger partial charge in [-0.3, -0.25) is 9.69 Å². The van der Waals surface area contributed by atoms with Gasteiger partial charge in [-0.2, -0.15) is 0 Å². The summed E-state index contributed by atoms with van der Waals surface area (Å²) in [7, 11) is 0. The lowest BCUT2D eigenvalue weighted by Crippen LogP contribution is -2.33. The van der Waals surface area contributed by atoms with Gasteiger partial charge in [0.2, 0.25) is 11.2 Å². The van der Waals surface area contributed by atoms with Gasteiger partial charge >= 0.3 is 5.97 Å². The molecule has 2 heterocycles. The highest BCUT2D eigenvalue weighted by Crippen LogP contribution is 2.33. The van der Waals surface area contributed by atoms with Crippen LogP contribution in [0.1, 0.15) is 34.8 Å². The Morgan fingerprint density at radius 2 is 1.84 bits per heavy atom. The molecule has 1 aromatic heterocycles. The van der Waals surface area contributed by atoms with Gasteiger partial charge in [-0.05, 0) is 66.9 Å². The highest BCUT2D eigenvalue weighted by molar-refractivity contribution is 6.30. The molecule has 0 radical (unpaired) electrons. The molecule has 0 saturated carbocycles. The predicted molar refractivity (Wildman–Crippen MR) is 141 cm³/mol. The number of carbonyl (C=O) groups excluding carboxylic acids is 1. The van der Waals surface area contributed by atoms with Crippen molar-refractivity contribution in [3.8, 4) is 17.2 Å². The van der Waals surface area contributed by atoms with Crippen LogP contribution in [0.5, 0.6) is 17.2 Å².